The summed E-state index contributed by atoms with van der Waals surface area (Å²) in [6, 6.07) is 2.89. The van der Waals surface area contributed by atoms with Crippen LogP contribution in [-0.2, 0) is 0 Å². The molecule has 0 aliphatic rings. The first-order chi connectivity index (χ1) is 5.54. The Bertz CT molecular complexity index is 295. The van der Waals surface area contributed by atoms with Crippen molar-refractivity contribution in [3.8, 4) is 0 Å². The van der Waals surface area contributed by atoms with Crippen LogP contribution in [0, 0.1) is 11.6 Å². The monoisotopic (exact) mass is 171 g/mol. The average Bonchev–Trinajstić information content (AvgIpc) is 2.00. The van der Waals surface area contributed by atoms with E-state index in [1.165, 1.54) is 12.1 Å². The fourth-order valence-electron chi connectivity index (χ4n) is 1.03. The normalized spacial score (nSPS) is 10.8. The third-order valence-electron chi connectivity index (χ3n) is 1.76. The van der Waals surface area contributed by atoms with Gasteiger partial charge in [-0.05, 0) is 17.5 Å². The van der Waals surface area contributed by atoms with Gasteiger partial charge in [-0.1, -0.05) is 19.9 Å². The first-order valence-electron chi connectivity index (χ1n) is 3.77. The number of halogens is 2. The topological polar surface area (TPSA) is 26.0 Å². The van der Waals surface area contributed by atoms with E-state index in [0.29, 0.717) is 5.56 Å². The third-order valence-corrected chi connectivity index (χ3v) is 1.76. The van der Waals surface area contributed by atoms with Crippen molar-refractivity contribution in [2.75, 3.05) is 5.73 Å². The molecule has 0 unspecified atom stereocenters. The van der Waals surface area contributed by atoms with Crippen molar-refractivity contribution in [1.82, 2.24) is 0 Å². The van der Waals surface area contributed by atoms with Gasteiger partial charge in [-0.3, -0.25) is 0 Å². The molecule has 0 bridgehead atoms. The summed E-state index contributed by atoms with van der Waals surface area (Å²) < 4.78 is 25.9. The van der Waals surface area contributed by atoms with Crippen LogP contribution in [-0.4, -0.2) is 0 Å². The molecular formula is C9H11F2N. The lowest BCUT2D eigenvalue weighted by atomic mass is 10.0. The smallest absolute Gasteiger partial charge is 0.181 e. The zero-order chi connectivity index (χ0) is 9.30. The molecule has 1 rings (SSSR count). The van der Waals surface area contributed by atoms with Crippen LogP contribution in [0.1, 0.15) is 25.3 Å². The van der Waals surface area contributed by atoms with E-state index in [1.807, 2.05) is 0 Å². The van der Waals surface area contributed by atoms with Crippen molar-refractivity contribution < 1.29 is 8.78 Å². The molecule has 12 heavy (non-hydrogen) atoms. The van der Waals surface area contributed by atoms with Gasteiger partial charge in [0.05, 0.1) is 5.69 Å². The SMILES string of the molecule is CC(C)c1ccc(N)c(F)c1F. The minimum Gasteiger partial charge on any atom is -0.396 e. The van der Waals surface area contributed by atoms with Crippen LogP contribution in [0.15, 0.2) is 12.1 Å². The number of rotatable bonds is 1. The van der Waals surface area contributed by atoms with Crippen LogP contribution in [0.25, 0.3) is 0 Å². The number of benzene rings is 1. The summed E-state index contributed by atoms with van der Waals surface area (Å²) in [6.45, 7) is 3.60. The lowest BCUT2D eigenvalue weighted by Crippen LogP contribution is -2.00. The maximum Gasteiger partial charge on any atom is 0.181 e. The van der Waals surface area contributed by atoms with Gasteiger partial charge in [0.15, 0.2) is 11.6 Å². The van der Waals surface area contributed by atoms with Gasteiger partial charge in [0, 0.05) is 0 Å². The highest BCUT2D eigenvalue weighted by molar-refractivity contribution is 5.43. The van der Waals surface area contributed by atoms with Crippen molar-refractivity contribution >= 4 is 5.69 Å². The van der Waals surface area contributed by atoms with Gasteiger partial charge < -0.3 is 5.73 Å². The van der Waals surface area contributed by atoms with E-state index in [0.717, 1.165) is 0 Å². The lowest BCUT2D eigenvalue weighted by Gasteiger charge is -2.08. The molecule has 0 aliphatic heterocycles. The van der Waals surface area contributed by atoms with Gasteiger partial charge in [0.25, 0.3) is 0 Å². The molecule has 0 fully saturated rings. The molecular weight excluding hydrogens is 160 g/mol. The lowest BCUT2D eigenvalue weighted by molar-refractivity contribution is 0.497. The Morgan fingerprint density at radius 3 is 2.25 bits per heavy atom. The van der Waals surface area contributed by atoms with E-state index in [-0.39, 0.29) is 11.6 Å². The highest BCUT2D eigenvalue weighted by Gasteiger charge is 2.13. The molecule has 2 N–H and O–H groups in total. The van der Waals surface area contributed by atoms with Gasteiger partial charge >= 0.3 is 0 Å². The number of nitrogens with two attached hydrogens (primary N) is 1. The Morgan fingerprint density at radius 1 is 1.17 bits per heavy atom. The number of hydrogen-bond acceptors (Lipinski definition) is 1. The van der Waals surface area contributed by atoms with Crippen LogP contribution >= 0.6 is 0 Å². The highest BCUT2D eigenvalue weighted by Crippen LogP contribution is 2.23. The summed E-state index contributed by atoms with van der Waals surface area (Å²) in [4.78, 5) is 0. The molecule has 0 saturated carbocycles. The van der Waals surface area contributed by atoms with E-state index in [2.05, 4.69) is 0 Å². The second-order valence-corrected chi connectivity index (χ2v) is 3.03. The summed E-state index contributed by atoms with van der Waals surface area (Å²) in [7, 11) is 0. The fraction of sp³-hybridized carbons (Fsp3) is 0.333. The zero-order valence-electron chi connectivity index (χ0n) is 7.07. The highest BCUT2D eigenvalue weighted by atomic mass is 19.2. The van der Waals surface area contributed by atoms with Crippen molar-refractivity contribution in [3.63, 3.8) is 0 Å². The molecule has 3 heteroatoms. The Labute approximate surface area is 70.2 Å². The Kier molecular flexibility index (Phi) is 2.31. The van der Waals surface area contributed by atoms with E-state index in [4.69, 9.17) is 5.73 Å². The van der Waals surface area contributed by atoms with E-state index >= 15 is 0 Å². The van der Waals surface area contributed by atoms with Gasteiger partial charge in [-0.25, -0.2) is 8.78 Å². The first kappa shape index (κ1) is 8.97. The minimum atomic E-state index is -0.943. The standard InChI is InChI=1S/C9H11F2N/c1-5(2)6-3-4-7(12)9(11)8(6)10/h3-5H,12H2,1-2H3. The molecule has 1 aromatic rings. The second-order valence-electron chi connectivity index (χ2n) is 3.03. The van der Waals surface area contributed by atoms with E-state index < -0.39 is 11.6 Å². The van der Waals surface area contributed by atoms with Gasteiger partial charge in [0.2, 0.25) is 0 Å². The molecule has 0 aromatic heterocycles. The predicted molar refractivity (Wildman–Crippen MR) is 44.9 cm³/mol. The molecule has 66 valence electrons. The quantitative estimate of drug-likeness (QED) is 0.646. The van der Waals surface area contributed by atoms with Gasteiger partial charge in [0.1, 0.15) is 0 Å². The molecule has 1 nitrogen and oxygen atoms in total. The van der Waals surface area contributed by atoms with E-state index in [9.17, 15) is 8.78 Å². The average molecular weight is 171 g/mol. The Hall–Kier alpha value is -1.12. The number of nitrogen functional groups attached to an aromatic ring is 1. The Balaban J connectivity index is 3.27. The molecule has 0 radical (unpaired) electrons. The maximum atomic E-state index is 13.1. The molecule has 0 amide bonds. The van der Waals surface area contributed by atoms with Crippen molar-refractivity contribution in [2.24, 2.45) is 0 Å². The molecule has 1 aromatic carbocycles. The largest absolute Gasteiger partial charge is 0.396 e. The minimum absolute atomic E-state index is 0.0277. The Morgan fingerprint density at radius 2 is 1.75 bits per heavy atom. The molecule has 0 atom stereocenters. The van der Waals surface area contributed by atoms with Crippen LogP contribution in [0.4, 0.5) is 14.5 Å². The summed E-state index contributed by atoms with van der Waals surface area (Å²) in [5.41, 5.74) is 5.40. The summed E-state index contributed by atoms with van der Waals surface area (Å²) in [5, 5.41) is 0. The fourth-order valence-corrected chi connectivity index (χ4v) is 1.03. The van der Waals surface area contributed by atoms with Crippen molar-refractivity contribution in [2.45, 2.75) is 19.8 Å². The van der Waals surface area contributed by atoms with Gasteiger partial charge in [-0.2, -0.15) is 0 Å². The second kappa shape index (κ2) is 3.09. The number of hydrogen-bond donors (Lipinski definition) is 1. The van der Waals surface area contributed by atoms with Crippen molar-refractivity contribution in [1.29, 1.82) is 0 Å². The first-order valence-corrected chi connectivity index (χ1v) is 3.77. The van der Waals surface area contributed by atoms with Crippen LogP contribution < -0.4 is 5.73 Å². The van der Waals surface area contributed by atoms with Gasteiger partial charge in [-0.15, -0.1) is 0 Å². The van der Waals surface area contributed by atoms with Crippen molar-refractivity contribution in [3.05, 3.63) is 29.3 Å². The third kappa shape index (κ3) is 1.40. The predicted octanol–water partition coefficient (Wildman–Crippen LogP) is 2.67. The summed E-state index contributed by atoms with van der Waals surface area (Å²) in [5.74, 6) is -1.80. The molecule has 0 aliphatic carbocycles. The van der Waals surface area contributed by atoms with E-state index in [1.54, 1.807) is 13.8 Å². The molecule has 0 saturated heterocycles. The van der Waals surface area contributed by atoms with Crippen LogP contribution in [0.2, 0.25) is 0 Å². The maximum absolute atomic E-state index is 13.1. The van der Waals surface area contributed by atoms with Crippen LogP contribution in [0.5, 0.6) is 0 Å². The van der Waals surface area contributed by atoms with Crippen LogP contribution in [0.3, 0.4) is 0 Å². The summed E-state index contributed by atoms with van der Waals surface area (Å²) >= 11 is 0. The molecule has 0 heterocycles. The summed E-state index contributed by atoms with van der Waals surface area (Å²) in [6.07, 6.45) is 0. The zero-order valence-corrected chi connectivity index (χ0v) is 7.07. The molecule has 0 spiro atoms. The number of anilines is 1.